The third-order valence-electron chi connectivity index (χ3n) is 3.10. The first-order valence-electron chi connectivity index (χ1n) is 6.41. The van der Waals surface area contributed by atoms with Gasteiger partial charge in [-0.3, -0.25) is 4.79 Å². The van der Waals surface area contributed by atoms with Crippen molar-refractivity contribution in [1.82, 2.24) is 0 Å². The van der Waals surface area contributed by atoms with Crippen molar-refractivity contribution in [1.29, 1.82) is 0 Å². The molecule has 1 amide bonds. The van der Waals surface area contributed by atoms with Gasteiger partial charge in [0.1, 0.15) is 6.61 Å². The summed E-state index contributed by atoms with van der Waals surface area (Å²) in [5, 5.41) is 6.66. The van der Waals surface area contributed by atoms with Gasteiger partial charge < -0.3 is 15.4 Å². The summed E-state index contributed by atoms with van der Waals surface area (Å²) in [5.41, 5.74) is 2.00. The van der Waals surface area contributed by atoms with E-state index in [4.69, 9.17) is 16.3 Å². The monoisotopic (exact) mass is 366 g/mol. The molecule has 0 unspecified atom stereocenters. The zero-order valence-corrected chi connectivity index (χ0v) is 13.3. The molecule has 0 aliphatic carbocycles. The van der Waals surface area contributed by atoms with Crippen molar-refractivity contribution < 1.29 is 9.53 Å². The fourth-order valence-electron chi connectivity index (χ4n) is 2.13. The number of benzene rings is 2. The number of fused-ring (bicyclic) bond motifs is 1. The van der Waals surface area contributed by atoms with Crippen molar-refractivity contribution >= 4 is 44.8 Å². The maximum atomic E-state index is 12.5. The Labute approximate surface area is 135 Å². The zero-order chi connectivity index (χ0) is 14.8. The molecule has 2 aromatic rings. The highest BCUT2D eigenvalue weighted by molar-refractivity contribution is 9.10. The maximum Gasteiger partial charge on any atom is 0.259 e. The van der Waals surface area contributed by atoms with Crippen molar-refractivity contribution in [2.24, 2.45) is 0 Å². The quantitative estimate of drug-likeness (QED) is 0.838. The second kappa shape index (κ2) is 5.95. The summed E-state index contributed by atoms with van der Waals surface area (Å²) in [5.74, 6) is 0.366. The molecule has 0 spiro atoms. The molecule has 1 aliphatic heterocycles. The van der Waals surface area contributed by atoms with Gasteiger partial charge in [0.15, 0.2) is 5.75 Å². The Morgan fingerprint density at radius 3 is 3.00 bits per heavy atom. The largest absolute Gasteiger partial charge is 0.489 e. The molecule has 0 aromatic heterocycles. The minimum Gasteiger partial charge on any atom is -0.489 e. The molecule has 1 aliphatic rings. The van der Waals surface area contributed by atoms with Gasteiger partial charge in [-0.15, -0.1) is 0 Å². The average Bonchev–Trinajstić information content (AvgIpc) is 2.49. The lowest BCUT2D eigenvalue weighted by Crippen LogP contribution is -2.22. The predicted octanol–water partition coefficient (Wildman–Crippen LogP) is 4.16. The molecule has 2 aromatic carbocycles. The number of hydrogen-bond donors (Lipinski definition) is 2. The first-order valence-corrected chi connectivity index (χ1v) is 7.58. The van der Waals surface area contributed by atoms with Gasteiger partial charge in [0, 0.05) is 16.0 Å². The van der Waals surface area contributed by atoms with E-state index >= 15 is 0 Å². The normalized spacial score (nSPS) is 12.9. The van der Waals surface area contributed by atoms with Crippen molar-refractivity contribution in [3.63, 3.8) is 0 Å². The molecule has 0 radical (unpaired) electrons. The molecule has 0 bridgehead atoms. The highest BCUT2D eigenvalue weighted by Crippen LogP contribution is 2.32. The van der Waals surface area contributed by atoms with Gasteiger partial charge in [-0.2, -0.15) is 0 Å². The van der Waals surface area contributed by atoms with E-state index in [1.54, 1.807) is 24.3 Å². The summed E-state index contributed by atoms with van der Waals surface area (Å²) in [4.78, 5) is 12.5. The average molecular weight is 368 g/mol. The number of nitrogens with one attached hydrogen (secondary N) is 2. The lowest BCUT2D eigenvalue weighted by Gasteiger charge is -2.21. The molecule has 21 heavy (non-hydrogen) atoms. The molecule has 1 heterocycles. The third-order valence-corrected chi connectivity index (χ3v) is 3.99. The Morgan fingerprint density at radius 1 is 1.33 bits per heavy atom. The standard InChI is InChI=1S/C15H12BrClN2O2/c16-11-8-9(17)4-5-12(11)19-15(20)10-2-1-3-13-14(10)21-7-6-18-13/h1-5,8,18H,6-7H2,(H,19,20). The molecule has 4 nitrogen and oxygen atoms in total. The number of ether oxygens (including phenoxy) is 1. The van der Waals surface area contributed by atoms with Crippen molar-refractivity contribution in [3.8, 4) is 5.75 Å². The molecule has 6 heteroatoms. The van der Waals surface area contributed by atoms with Crippen LogP contribution in [0.4, 0.5) is 11.4 Å². The van der Waals surface area contributed by atoms with E-state index in [0.29, 0.717) is 28.6 Å². The van der Waals surface area contributed by atoms with Crippen LogP contribution < -0.4 is 15.4 Å². The highest BCUT2D eigenvalue weighted by Gasteiger charge is 2.19. The van der Waals surface area contributed by atoms with Gasteiger partial charge in [0.25, 0.3) is 5.91 Å². The first-order chi connectivity index (χ1) is 10.1. The number of halogens is 2. The Hall–Kier alpha value is -1.72. The Morgan fingerprint density at radius 2 is 2.19 bits per heavy atom. The highest BCUT2D eigenvalue weighted by atomic mass is 79.9. The molecule has 0 saturated heterocycles. The Kier molecular flexibility index (Phi) is 4.03. The fourth-order valence-corrected chi connectivity index (χ4v) is 2.91. The summed E-state index contributed by atoms with van der Waals surface area (Å²) in [6.45, 7) is 1.28. The van der Waals surface area contributed by atoms with Crippen molar-refractivity contribution in [2.45, 2.75) is 0 Å². The van der Waals surface area contributed by atoms with Crippen LogP contribution in [0, 0.1) is 0 Å². The number of rotatable bonds is 2. The summed E-state index contributed by atoms with van der Waals surface area (Å²) >= 11 is 9.27. The van der Waals surface area contributed by atoms with Crippen LogP contribution in [0.2, 0.25) is 5.02 Å². The van der Waals surface area contributed by atoms with Gasteiger partial charge in [-0.25, -0.2) is 0 Å². The van der Waals surface area contributed by atoms with E-state index in [2.05, 4.69) is 26.6 Å². The van der Waals surface area contributed by atoms with Gasteiger partial charge in [-0.05, 0) is 46.3 Å². The van der Waals surface area contributed by atoms with Crippen LogP contribution in [0.25, 0.3) is 0 Å². The maximum absolute atomic E-state index is 12.5. The van der Waals surface area contributed by atoms with Gasteiger partial charge in [0.05, 0.1) is 16.9 Å². The van der Waals surface area contributed by atoms with Gasteiger partial charge >= 0.3 is 0 Å². The van der Waals surface area contributed by atoms with E-state index in [1.165, 1.54) is 0 Å². The molecular weight excluding hydrogens is 356 g/mol. The van der Waals surface area contributed by atoms with Crippen molar-refractivity contribution in [2.75, 3.05) is 23.8 Å². The summed E-state index contributed by atoms with van der Waals surface area (Å²) < 4.78 is 6.34. The second-order valence-electron chi connectivity index (χ2n) is 4.54. The van der Waals surface area contributed by atoms with Crippen LogP contribution in [0.1, 0.15) is 10.4 Å². The van der Waals surface area contributed by atoms with Crippen LogP contribution in [-0.4, -0.2) is 19.1 Å². The molecule has 0 fully saturated rings. The molecule has 0 saturated carbocycles. The smallest absolute Gasteiger partial charge is 0.259 e. The number of para-hydroxylation sites is 1. The third kappa shape index (κ3) is 2.99. The topological polar surface area (TPSA) is 50.4 Å². The SMILES string of the molecule is O=C(Nc1ccc(Cl)cc1Br)c1cccc2c1OCCN2. The number of anilines is 2. The lowest BCUT2D eigenvalue weighted by atomic mass is 10.1. The van der Waals surface area contributed by atoms with Gasteiger partial charge in [-0.1, -0.05) is 17.7 Å². The number of hydrogen-bond acceptors (Lipinski definition) is 3. The molecule has 3 rings (SSSR count). The van der Waals surface area contributed by atoms with Crippen LogP contribution in [0.5, 0.6) is 5.75 Å². The van der Waals surface area contributed by atoms with E-state index in [1.807, 2.05) is 12.1 Å². The lowest BCUT2D eigenvalue weighted by molar-refractivity contribution is 0.102. The molecule has 2 N–H and O–H groups in total. The Balaban J connectivity index is 1.89. The molecular formula is C15H12BrClN2O2. The summed E-state index contributed by atoms with van der Waals surface area (Å²) in [6, 6.07) is 10.7. The number of amides is 1. The molecule has 0 atom stereocenters. The van der Waals surface area contributed by atoms with Crippen LogP contribution in [0.15, 0.2) is 40.9 Å². The van der Waals surface area contributed by atoms with E-state index in [0.717, 1.165) is 16.7 Å². The van der Waals surface area contributed by atoms with Gasteiger partial charge in [0.2, 0.25) is 0 Å². The minimum atomic E-state index is -0.224. The minimum absolute atomic E-state index is 0.224. The number of carbonyl (C=O) groups excluding carboxylic acids is 1. The summed E-state index contributed by atoms with van der Waals surface area (Å²) in [7, 11) is 0. The summed E-state index contributed by atoms with van der Waals surface area (Å²) in [6.07, 6.45) is 0. The second-order valence-corrected chi connectivity index (χ2v) is 5.83. The van der Waals surface area contributed by atoms with E-state index < -0.39 is 0 Å². The molecule has 108 valence electrons. The van der Waals surface area contributed by atoms with Crippen LogP contribution in [0.3, 0.4) is 0 Å². The fraction of sp³-hybridized carbons (Fsp3) is 0.133. The Bertz CT molecular complexity index is 706. The van der Waals surface area contributed by atoms with Crippen molar-refractivity contribution in [3.05, 3.63) is 51.5 Å². The first kappa shape index (κ1) is 14.2. The predicted molar refractivity (Wildman–Crippen MR) is 87.5 cm³/mol. The van der Waals surface area contributed by atoms with Crippen LogP contribution in [-0.2, 0) is 0 Å². The number of carbonyl (C=O) groups is 1. The zero-order valence-electron chi connectivity index (χ0n) is 11.0. The van der Waals surface area contributed by atoms with Crippen LogP contribution >= 0.6 is 27.5 Å². The van der Waals surface area contributed by atoms with E-state index in [-0.39, 0.29) is 5.91 Å². The van der Waals surface area contributed by atoms with E-state index in [9.17, 15) is 4.79 Å².